The van der Waals surface area contributed by atoms with Crippen LogP contribution in [-0.4, -0.2) is 21.0 Å². The maximum atomic E-state index is 10.9. The first kappa shape index (κ1) is 12.3. The summed E-state index contributed by atoms with van der Waals surface area (Å²) >= 11 is 0. The van der Waals surface area contributed by atoms with Crippen molar-refractivity contribution in [2.75, 3.05) is 0 Å². The Bertz CT molecular complexity index is 782. The first-order valence-corrected chi connectivity index (χ1v) is 5.95. The minimum absolute atomic E-state index is 0.0697. The Morgan fingerprint density at radius 3 is 2.90 bits per heavy atom. The number of aromatic nitrogens is 2. The summed E-state index contributed by atoms with van der Waals surface area (Å²) in [6.45, 7) is 0. The lowest BCUT2D eigenvalue weighted by Crippen LogP contribution is -2.23. The van der Waals surface area contributed by atoms with Gasteiger partial charge in [-0.25, -0.2) is 9.97 Å². The topological polar surface area (TPSA) is 102 Å². The van der Waals surface area contributed by atoms with Crippen molar-refractivity contribution in [3.8, 4) is 11.3 Å². The molecule has 0 fully saturated rings. The van der Waals surface area contributed by atoms with Crippen LogP contribution in [-0.2, 0) is 4.79 Å². The maximum Gasteiger partial charge on any atom is 0.328 e. The van der Waals surface area contributed by atoms with E-state index in [1.807, 2.05) is 24.3 Å². The number of carbonyl (C=O) groups is 1. The van der Waals surface area contributed by atoms with E-state index in [0.29, 0.717) is 5.69 Å². The van der Waals surface area contributed by atoms with Gasteiger partial charge in [-0.1, -0.05) is 18.2 Å². The van der Waals surface area contributed by atoms with Gasteiger partial charge in [-0.15, -0.1) is 0 Å². The summed E-state index contributed by atoms with van der Waals surface area (Å²) in [5, 5.41) is 9.81. The second kappa shape index (κ2) is 4.75. The van der Waals surface area contributed by atoms with Crippen molar-refractivity contribution in [1.82, 2.24) is 9.97 Å². The number of nitrogens with two attached hydrogens (primary N) is 1. The molecule has 2 aromatic heterocycles. The molecule has 0 aliphatic rings. The Labute approximate surface area is 113 Å². The predicted octanol–water partition coefficient (Wildman–Crippen LogP) is 1.97. The summed E-state index contributed by atoms with van der Waals surface area (Å²) in [7, 11) is 0. The fourth-order valence-electron chi connectivity index (χ4n) is 1.96. The van der Waals surface area contributed by atoms with Crippen LogP contribution in [0.5, 0.6) is 0 Å². The zero-order valence-electron chi connectivity index (χ0n) is 10.4. The number of rotatable bonds is 3. The number of fused-ring (bicyclic) bond motifs is 1. The summed E-state index contributed by atoms with van der Waals surface area (Å²) in [6.07, 6.45) is 3.07. The van der Waals surface area contributed by atoms with Gasteiger partial charge in [-0.2, -0.15) is 0 Å². The van der Waals surface area contributed by atoms with Gasteiger partial charge in [0, 0.05) is 17.1 Å². The second-order valence-electron chi connectivity index (χ2n) is 4.26. The molecule has 6 heteroatoms. The van der Waals surface area contributed by atoms with Gasteiger partial charge in [0.25, 0.3) is 0 Å². The number of para-hydroxylation sites is 1. The van der Waals surface area contributed by atoms with Crippen molar-refractivity contribution in [3.05, 3.63) is 48.6 Å². The van der Waals surface area contributed by atoms with Crippen molar-refractivity contribution >= 4 is 16.9 Å². The van der Waals surface area contributed by atoms with E-state index in [4.69, 9.17) is 15.3 Å². The average molecular weight is 269 g/mol. The molecule has 0 saturated heterocycles. The van der Waals surface area contributed by atoms with Crippen LogP contribution in [0.4, 0.5) is 0 Å². The molecule has 2 heterocycles. The number of hydrogen-bond acceptors (Lipinski definition) is 5. The molecule has 0 aliphatic carbocycles. The Kier molecular flexibility index (Phi) is 2.92. The highest BCUT2D eigenvalue weighted by Crippen LogP contribution is 2.29. The number of hydrogen-bond donors (Lipinski definition) is 2. The molecule has 1 unspecified atom stereocenters. The first-order valence-electron chi connectivity index (χ1n) is 5.95. The lowest BCUT2D eigenvalue weighted by atomic mass is 10.1. The van der Waals surface area contributed by atoms with Crippen LogP contribution in [0.2, 0.25) is 0 Å². The zero-order chi connectivity index (χ0) is 14.1. The standard InChI is InChI=1S/C14H11N3O3/c15-12(14(18)19)13-16-6-5-10(17-13)9-7-20-11-4-2-1-3-8(9)11/h1-7,12H,15H2,(H,18,19). The minimum Gasteiger partial charge on any atom is -0.480 e. The average Bonchev–Trinajstić information content (AvgIpc) is 2.90. The van der Waals surface area contributed by atoms with Crippen LogP contribution in [0.1, 0.15) is 11.9 Å². The molecule has 0 radical (unpaired) electrons. The molecule has 3 rings (SSSR count). The molecule has 0 amide bonds. The van der Waals surface area contributed by atoms with Crippen LogP contribution in [0.25, 0.3) is 22.2 Å². The third-order valence-electron chi connectivity index (χ3n) is 2.98. The number of carboxylic acids is 1. The van der Waals surface area contributed by atoms with Gasteiger partial charge in [0.2, 0.25) is 0 Å². The highest BCUT2D eigenvalue weighted by atomic mass is 16.4. The van der Waals surface area contributed by atoms with Gasteiger partial charge in [-0.3, -0.25) is 4.79 Å². The lowest BCUT2D eigenvalue weighted by Gasteiger charge is -2.06. The Balaban J connectivity index is 2.11. The van der Waals surface area contributed by atoms with Crippen molar-refractivity contribution in [2.45, 2.75) is 6.04 Å². The monoisotopic (exact) mass is 269 g/mol. The molecular formula is C14H11N3O3. The predicted molar refractivity (Wildman–Crippen MR) is 71.8 cm³/mol. The smallest absolute Gasteiger partial charge is 0.328 e. The summed E-state index contributed by atoms with van der Waals surface area (Å²) in [5.74, 6) is -1.10. The Morgan fingerprint density at radius 2 is 2.10 bits per heavy atom. The molecule has 1 atom stereocenters. The van der Waals surface area contributed by atoms with Crippen molar-refractivity contribution < 1.29 is 14.3 Å². The molecule has 3 aromatic rings. The normalized spacial score (nSPS) is 12.4. The molecule has 0 spiro atoms. The molecule has 3 N–H and O–H groups in total. The quantitative estimate of drug-likeness (QED) is 0.753. The maximum absolute atomic E-state index is 10.9. The van der Waals surface area contributed by atoms with E-state index in [2.05, 4.69) is 9.97 Å². The van der Waals surface area contributed by atoms with Crippen LogP contribution in [0, 0.1) is 0 Å². The molecule has 6 nitrogen and oxygen atoms in total. The number of carboxylic acid groups (broad SMARTS) is 1. The van der Waals surface area contributed by atoms with Gasteiger partial charge >= 0.3 is 5.97 Å². The molecule has 0 aliphatic heterocycles. The SMILES string of the molecule is NC(C(=O)O)c1nccc(-c2coc3ccccc23)n1. The van der Waals surface area contributed by atoms with E-state index < -0.39 is 12.0 Å². The first-order chi connectivity index (χ1) is 9.66. The number of furan rings is 1. The van der Waals surface area contributed by atoms with E-state index in [1.165, 1.54) is 6.20 Å². The van der Waals surface area contributed by atoms with Gasteiger partial charge in [0.1, 0.15) is 11.8 Å². The van der Waals surface area contributed by atoms with Crippen LogP contribution in [0.3, 0.4) is 0 Å². The summed E-state index contributed by atoms with van der Waals surface area (Å²) in [5.41, 5.74) is 7.63. The summed E-state index contributed by atoms with van der Waals surface area (Å²) in [4.78, 5) is 19.0. The highest BCUT2D eigenvalue weighted by molar-refractivity contribution is 5.92. The molecule has 1 aromatic carbocycles. The van der Waals surface area contributed by atoms with E-state index in [1.54, 1.807) is 12.3 Å². The Morgan fingerprint density at radius 1 is 1.30 bits per heavy atom. The van der Waals surface area contributed by atoms with E-state index in [-0.39, 0.29) is 5.82 Å². The van der Waals surface area contributed by atoms with Crippen molar-refractivity contribution in [3.63, 3.8) is 0 Å². The lowest BCUT2D eigenvalue weighted by molar-refractivity contribution is -0.138. The third-order valence-corrected chi connectivity index (χ3v) is 2.98. The zero-order valence-corrected chi connectivity index (χ0v) is 10.4. The van der Waals surface area contributed by atoms with Crippen LogP contribution >= 0.6 is 0 Å². The fraction of sp³-hybridized carbons (Fsp3) is 0.0714. The fourth-order valence-corrected chi connectivity index (χ4v) is 1.96. The second-order valence-corrected chi connectivity index (χ2v) is 4.26. The number of aliphatic carboxylic acids is 1. The minimum atomic E-state index is -1.24. The van der Waals surface area contributed by atoms with Crippen molar-refractivity contribution in [2.24, 2.45) is 5.73 Å². The number of benzene rings is 1. The highest BCUT2D eigenvalue weighted by Gasteiger charge is 2.18. The third kappa shape index (κ3) is 2.02. The van der Waals surface area contributed by atoms with E-state index >= 15 is 0 Å². The molecule has 0 saturated carbocycles. The molecule has 100 valence electrons. The van der Waals surface area contributed by atoms with Gasteiger partial charge in [-0.05, 0) is 12.1 Å². The van der Waals surface area contributed by atoms with Gasteiger partial charge < -0.3 is 15.3 Å². The van der Waals surface area contributed by atoms with Crippen LogP contribution in [0.15, 0.2) is 47.2 Å². The van der Waals surface area contributed by atoms with Gasteiger partial charge in [0.05, 0.1) is 5.69 Å². The molecule has 0 bridgehead atoms. The van der Waals surface area contributed by atoms with Gasteiger partial charge in [0.15, 0.2) is 11.9 Å². The van der Waals surface area contributed by atoms with Crippen molar-refractivity contribution in [1.29, 1.82) is 0 Å². The molecular weight excluding hydrogens is 258 g/mol. The number of nitrogens with zero attached hydrogens (tertiary/aromatic N) is 2. The van der Waals surface area contributed by atoms with E-state index in [0.717, 1.165) is 16.5 Å². The van der Waals surface area contributed by atoms with Crippen LogP contribution < -0.4 is 5.73 Å². The summed E-state index contributed by atoms with van der Waals surface area (Å²) in [6, 6.07) is 7.98. The molecule has 20 heavy (non-hydrogen) atoms. The summed E-state index contributed by atoms with van der Waals surface area (Å²) < 4.78 is 5.44. The van der Waals surface area contributed by atoms with E-state index in [9.17, 15) is 4.79 Å². The Hall–Kier alpha value is -2.73. The largest absolute Gasteiger partial charge is 0.480 e.